The van der Waals surface area contributed by atoms with E-state index in [2.05, 4.69) is 20.9 Å². The van der Waals surface area contributed by atoms with Crippen LogP contribution in [0.2, 0.25) is 10.0 Å². The molecule has 2 aromatic carbocycles. The lowest BCUT2D eigenvalue weighted by atomic mass is 10.2. The highest BCUT2D eigenvalue weighted by Crippen LogP contribution is 2.27. The molecule has 0 fully saturated rings. The molecule has 0 heterocycles. The van der Waals surface area contributed by atoms with Gasteiger partial charge in [-0.15, -0.1) is 0 Å². The van der Waals surface area contributed by atoms with Crippen molar-refractivity contribution in [3.05, 3.63) is 62.5 Å². The molecule has 0 amide bonds. The Balaban J connectivity index is 2.26. The van der Waals surface area contributed by atoms with E-state index >= 15 is 0 Å². The molecular formula is C13H8BrCl2N. The summed E-state index contributed by atoms with van der Waals surface area (Å²) in [6.45, 7) is 0. The van der Waals surface area contributed by atoms with E-state index in [0.717, 1.165) is 10.0 Å². The number of halogens is 3. The van der Waals surface area contributed by atoms with Crippen LogP contribution in [0, 0.1) is 0 Å². The minimum absolute atomic E-state index is 0.545. The minimum atomic E-state index is 0.545. The van der Waals surface area contributed by atoms with Crippen LogP contribution in [0.15, 0.2) is 51.9 Å². The third-order valence-electron chi connectivity index (χ3n) is 2.11. The van der Waals surface area contributed by atoms with Gasteiger partial charge in [0.25, 0.3) is 0 Å². The van der Waals surface area contributed by atoms with Crippen LogP contribution in [0.5, 0.6) is 0 Å². The highest BCUT2D eigenvalue weighted by molar-refractivity contribution is 9.10. The van der Waals surface area contributed by atoms with Crippen LogP contribution in [0.4, 0.5) is 5.69 Å². The van der Waals surface area contributed by atoms with Crippen molar-refractivity contribution >= 4 is 51.0 Å². The molecule has 86 valence electrons. The van der Waals surface area contributed by atoms with Crippen molar-refractivity contribution in [3.63, 3.8) is 0 Å². The summed E-state index contributed by atoms with van der Waals surface area (Å²) in [5.74, 6) is 0. The molecule has 0 bridgehead atoms. The molecule has 0 atom stereocenters. The number of aliphatic imine (C=N–C) groups is 1. The van der Waals surface area contributed by atoms with Crippen molar-refractivity contribution in [2.75, 3.05) is 0 Å². The zero-order valence-corrected chi connectivity index (χ0v) is 11.8. The highest BCUT2D eigenvalue weighted by atomic mass is 79.9. The molecule has 0 saturated carbocycles. The first-order chi connectivity index (χ1) is 8.15. The van der Waals surface area contributed by atoms with E-state index in [1.165, 1.54) is 0 Å². The summed E-state index contributed by atoms with van der Waals surface area (Å²) in [5, 5.41) is 1.15. The molecule has 1 nitrogen and oxygen atoms in total. The van der Waals surface area contributed by atoms with Gasteiger partial charge in [0.2, 0.25) is 0 Å². The predicted octanol–water partition coefficient (Wildman–Crippen LogP) is 5.51. The third kappa shape index (κ3) is 3.56. The summed E-state index contributed by atoms with van der Waals surface area (Å²) < 4.78 is 1.02. The van der Waals surface area contributed by atoms with E-state index in [4.69, 9.17) is 23.2 Å². The van der Waals surface area contributed by atoms with Gasteiger partial charge in [-0.2, -0.15) is 0 Å². The van der Waals surface area contributed by atoms with Crippen molar-refractivity contribution in [1.29, 1.82) is 0 Å². The largest absolute Gasteiger partial charge is 0.255 e. The minimum Gasteiger partial charge on any atom is -0.255 e. The quantitative estimate of drug-likeness (QED) is 0.645. The fourth-order valence-corrected chi connectivity index (χ4v) is 2.19. The first kappa shape index (κ1) is 12.6. The second-order valence-electron chi connectivity index (χ2n) is 3.41. The molecule has 0 unspecified atom stereocenters. The van der Waals surface area contributed by atoms with Gasteiger partial charge in [0, 0.05) is 15.7 Å². The lowest BCUT2D eigenvalue weighted by molar-refractivity contribution is 1.52. The van der Waals surface area contributed by atoms with Crippen molar-refractivity contribution in [2.24, 2.45) is 4.99 Å². The number of rotatable bonds is 2. The molecule has 0 aliphatic rings. The van der Waals surface area contributed by atoms with Gasteiger partial charge in [0.1, 0.15) is 0 Å². The molecule has 2 aromatic rings. The van der Waals surface area contributed by atoms with Crippen LogP contribution in [0.3, 0.4) is 0 Å². The third-order valence-corrected chi connectivity index (χ3v) is 3.14. The SMILES string of the molecule is Clc1ccc(N=Cc2cccc(Br)c2)c(Cl)c1. The van der Waals surface area contributed by atoms with E-state index in [0.29, 0.717) is 15.7 Å². The maximum absolute atomic E-state index is 6.02. The Hall–Kier alpha value is -0.830. The number of benzene rings is 2. The molecule has 0 radical (unpaired) electrons. The molecule has 2 rings (SSSR count). The standard InChI is InChI=1S/C13H8BrCl2N/c14-10-3-1-2-9(6-10)8-17-13-5-4-11(15)7-12(13)16/h1-8H. The Bertz CT molecular complexity index is 567. The fraction of sp³-hybridized carbons (Fsp3) is 0. The Morgan fingerprint density at radius 3 is 2.59 bits per heavy atom. The fourth-order valence-electron chi connectivity index (χ4n) is 1.32. The van der Waals surface area contributed by atoms with Crippen molar-refractivity contribution in [2.45, 2.75) is 0 Å². The van der Waals surface area contributed by atoms with Gasteiger partial charge in [0.15, 0.2) is 0 Å². The first-order valence-corrected chi connectivity index (χ1v) is 6.45. The van der Waals surface area contributed by atoms with Crippen LogP contribution >= 0.6 is 39.1 Å². The lowest BCUT2D eigenvalue weighted by Crippen LogP contribution is -1.80. The molecule has 0 saturated heterocycles. The van der Waals surface area contributed by atoms with Crippen LogP contribution < -0.4 is 0 Å². The summed E-state index contributed by atoms with van der Waals surface area (Å²) in [6, 6.07) is 13.1. The molecule has 4 heteroatoms. The van der Waals surface area contributed by atoms with Crippen molar-refractivity contribution < 1.29 is 0 Å². The van der Waals surface area contributed by atoms with Gasteiger partial charge in [0.05, 0.1) is 10.7 Å². The van der Waals surface area contributed by atoms with Crippen LogP contribution in [-0.2, 0) is 0 Å². The average Bonchev–Trinajstić information content (AvgIpc) is 2.28. The lowest BCUT2D eigenvalue weighted by Gasteiger charge is -1.98. The van der Waals surface area contributed by atoms with Crippen LogP contribution in [-0.4, -0.2) is 6.21 Å². The zero-order valence-electron chi connectivity index (χ0n) is 8.70. The molecular weight excluding hydrogens is 321 g/mol. The summed E-state index contributed by atoms with van der Waals surface area (Å²) >= 11 is 15.2. The van der Waals surface area contributed by atoms with E-state index < -0.39 is 0 Å². The number of hydrogen-bond donors (Lipinski definition) is 0. The van der Waals surface area contributed by atoms with E-state index in [-0.39, 0.29) is 0 Å². The van der Waals surface area contributed by atoms with Gasteiger partial charge in [-0.25, -0.2) is 0 Å². The van der Waals surface area contributed by atoms with Gasteiger partial charge in [-0.3, -0.25) is 4.99 Å². The van der Waals surface area contributed by atoms with Gasteiger partial charge in [-0.05, 0) is 35.9 Å². The molecule has 17 heavy (non-hydrogen) atoms. The first-order valence-electron chi connectivity index (χ1n) is 4.90. The maximum atomic E-state index is 6.02. The average molecular weight is 329 g/mol. The van der Waals surface area contributed by atoms with E-state index in [1.54, 1.807) is 24.4 Å². The van der Waals surface area contributed by atoms with Gasteiger partial charge < -0.3 is 0 Å². The summed E-state index contributed by atoms with van der Waals surface area (Å²) in [4.78, 5) is 4.32. The Kier molecular flexibility index (Phi) is 4.21. The predicted molar refractivity (Wildman–Crippen MR) is 77.9 cm³/mol. The maximum Gasteiger partial charge on any atom is 0.0817 e. The monoisotopic (exact) mass is 327 g/mol. The topological polar surface area (TPSA) is 12.4 Å². The summed E-state index contributed by atoms with van der Waals surface area (Å²) in [6.07, 6.45) is 1.76. The number of nitrogens with zero attached hydrogens (tertiary/aromatic N) is 1. The summed E-state index contributed by atoms with van der Waals surface area (Å²) in [7, 11) is 0. The van der Waals surface area contributed by atoms with E-state index in [9.17, 15) is 0 Å². The Labute approximate surface area is 118 Å². The summed E-state index contributed by atoms with van der Waals surface area (Å²) in [5.41, 5.74) is 1.71. The van der Waals surface area contributed by atoms with Crippen molar-refractivity contribution in [1.82, 2.24) is 0 Å². The molecule has 0 aliphatic heterocycles. The smallest absolute Gasteiger partial charge is 0.0817 e. The van der Waals surface area contributed by atoms with Crippen LogP contribution in [0.25, 0.3) is 0 Å². The molecule has 0 N–H and O–H groups in total. The van der Waals surface area contributed by atoms with Gasteiger partial charge in [-0.1, -0.05) is 51.3 Å². The Morgan fingerprint density at radius 1 is 1.06 bits per heavy atom. The Morgan fingerprint density at radius 2 is 1.88 bits per heavy atom. The zero-order chi connectivity index (χ0) is 12.3. The van der Waals surface area contributed by atoms with E-state index in [1.807, 2.05) is 24.3 Å². The second kappa shape index (κ2) is 5.67. The van der Waals surface area contributed by atoms with Gasteiger partial charge >= 0.3 is 0 Å². The molecule has 0 spiro atoms. The molecule has 0 aliphatic carbocycles. The van der Waals surface area contributed by atoms with Crippen molar-refractivity contribution in [3.8, 4) is 0 Å². The van der Waals surface area contributed by atoms with Crippen LogP contribution in [0.1, 0.15) is 5.56 Å². The second-order valence-corrected chi connectivity index (χ2v) is 5.17. The highest BCUT2D eigenvalue weighted by Gasteiger charge is 1.98. The normalized spacial score (nSPS) is 11.0. The molecule has 0 aromatic heterocycles. The number of hydrogen-bond acceptors (Lipinski definition) is 1.